The summed E-state index contributed by atoms with van der Waals surface area (Å²) in [6, 6.07) is 0. The zero-order valence-electron chi connectivity index (χ0n) is 15.3. The summed E-state index contributed by atoms with van der Waals surface area (Å²) in [5, 5.41) is 11.6. The van der Waals surface area contributed by atoms with Crippen molar-refractivity contribution in [2.75, 3.05) is 41.7 Å². The first-order valence-corrected chi connectivity index (χ1v) is 9.17. The Morgan fingerprint density at radius 1 is 1.08 bits per heavy atom. The number of rotatable bonds is 3. The SMILES string of the molecule is C[C@@H]1C[C@H](C)CN(c2nc(N)c([N+](=O)[O-])c(N3CCC[C@@H](C)C3)n2)C1. The van der Waals surface area contributed by atoms with Crippen LogP contribution in [0, 0.1) is 27.9 Å². The predicted octanol–water partition coefficient (Wildman–Crippen LogP) is 2.69. The van der Waals surface area contributed by atoms with Crippen LogP contribution in [0.15, 0.2) is 0 Å². The van der Waals surface area contributed by atoms with E-state index >= 15 is 0 Å². The second kappa shape index (κ2) is 7.01. The fraction of sp³-hybridized carbons (Fsp3) is 0.765. The molecule has 1 aromatic heterocycles. The van der Waals surface area contributed by atoms with Crippen LogP contribution in [-0.4, -0.2) is 41.1 Å². The molecule has 25 heavy (non-hydrogen) atoms. The third kappa shape index (κ3) is 3.77. The molecule has 2 aliphatic rings. The molecule has 2 fully saturated rings. The minimum Gasteiger partial charge on any atom is -0.378 e. The highest BCUT2D eigenvalue weighted by Gasteiger charge is 2.32. The molecule has 8 heteroatoms. The summed E-state index contributed by atoms with van der Waals surface area (Å²) in [5.41, 5.74) is 5.84. The van der Waals surface area contributed by atoms with Gasteiger partial charge in [-0.1, -0.05) is 20.8 Å². The van der Waals surface area contributed by atoms with Gasteiger partial charge in [-0.15, -0.1) is 0 Å². The maximum atomic E-state index is 11.6. The number of nitrogens with two attached hydrogens (primary N) is 1. The molecule has 3 rings (SSSR count). The molecular formula is C17H28N6O2. The first kappa shape index (κ1) is 17.7. The smallest absolute Gasteiger partial charge is 0.353 e. The fourth-order valence-electron chi connectivity index (χ4n) is 4.19. The van der Waals surface area contributed by atoms with E-state index in [2.05, 4.69) is 35.6 Å². The Morgan fingerprint density at radius 2 is 1.72 bits per heavy atom. The fourth-order valence-corrected chi connectivity index (χ4v) is 4.19. The van der Waals surface area contributed by atoms with Crippen LogP contribution in [0.2, 0.25) is 0 Å². The van der Waals surface area contributed by atoms with Crippen molar-refractivity contribution in [2.45, 2.75) is 40.0 Å². The second-order valence-electron chi connectivity index (χ2n) is 7.88. The van der Waals surface area contributed by atoms with Crippen molar-refractivity contribution >= 4 is 23.3 Å². The highest BCUT2D eigenvalue weighted by molar-refractivity contribution is 5.71. The minimum atomic E-state index is -0.449. The van der Waals surface area contributed by atoms with Gasteiger partial charge in [-0.25, -0.2) is 0 Å². The van der Waals surface area contributed by atoms with E-state index in [1.54, 1.807) is 0 Å². The number of aromatic nitrogens is 2. The van der Waals surface area contributed by atoms with Gasteiger partial charge in [0.1, 0.15) is 0 Å². The molecule has 8 nitrogen and oxygen atoms in total. The molecule has 138 valence electrons. The van der Waals surface area contributed by atoms with Gasteiger partial charge in [0.15, 0.2) is 0 Å². The lowest BCUT2D eigenvalue weighted by atomic mass is 9.92. The van der Waals surface area contributed by atoms with E-state index < -0.39 is 4.92 Å². The van der Waals surface area contributed by atoms with Crippen LogP contribution < -0.4 is 15.5 Å². The molecule has 1 aromatic rings. The molecule has 0 saturated carbocycles. The summed E-state index contributed by atoms with van der Waals surface area (Å²) in [6.07, 6.45) is 3.32. The molecule has 0 spiro atoms. The van der Waals surface area contributed by atoms with Crippen LogP contribution in [0.25, 0.3) is 0 Å². The third-order valence-electron chi connectivity index (χ3n) is 5.17. The molecule has 0 aromatic carbocycles. The van der Waals surface area contributed by atoms with Gasteiger partial charge in [0.05, 0.1) is 4.92 Å². The number of hydrogen-bond acceptors (Lipinski definition) is 7. The first-order chi connectivity index (χ1) is 11.8. The maximum Gasteiger partial charge on any atom is 0.353 e. The van der Waals surface area contributed by atoms with E-state index in [1.165, 1.54) is 6.42 Å². The third-order valence-corrected chi connectivity index (χ3v) is 5.17. The van der Waals surface area contributed by atoms with Gasteiger partial charge in [0.2, 0.25) is 17.6 Å². The highest BCUT2D eigenvalue weighted by atomic mass is 16.6. The van der Waals surface area contributed by atoms with Crippen LogP contribution in [0.5, 0.6) is 0 Å². The Hall–Kier alpha value is -2.12. The predicted molar refractivity (Wildman–Crippen MR) is 98.9 cm³/mol. The van der Waals surface area contributed by atoms with Crippen LogP contribution in [-0.2, 0) is 0 Å². The van der Waals surface area contributed by atoms with Gasteiger partial charge in [0.25, 0.3) is 0 Å². The van der Waals surface area contributed by atoms with E-state index in [1.807, 2.05) is 4.90 Å². The zero-order chi connectivity index (χ0) is 18.1. The zero-order valence-corrected chi connectivity index (χ0v) is 15.3. The topological polar surface area (TPSA) is 101 Å². The molecule has 0 bridgehead atoms. The lowest BCUT2D eigenvalue weighted by molar-refractivity contribution is -0.383. The molecule has 0 aliphatic carbocycles. The molecule has 3 heterocycles. The first-order valence-electron chi connectivity index (χ1n) is 9.17. The van der Waals surface area contributed by atoms with Crippen molar-refractivity contribution < 1.29 is 4.92 Å². The molecule has 0 radical (unpaired) electrons. The van der Waals surface area contributed by atoms with Crippen LogP contribution in [0.1, 0.15) is 40.0 Å². The normalized spacial score (nSPS) is 27.4. The lowest BCUT2D eigenvalue weighted by Crippen LogP contribution is -2.40. The van der Waals surface area contributed by atoms with Gasteiger partial charge >= 0.3 is 5.69 Å². The monoisotopic (exact) mass is 348 g/mol. The molecule has 2 aliphatic heterocycles. The van der Waals surface area contributed by atoms with Crippen molar-refractivity contribution in [1.29, 1.82) is 0 Å². The summed E-state index contributed by atoms with van der Waals surface area (Å²) in [6.45, 7) is 9.85. The molecule has 3 atom stereocenters. The Balaban J connectivity index is 1.99. The highest BCUT2D eigenvalue weighted by Crippen LogP contribution is 2.36. The van der Waals surface area contributed by atoms with E-state index in [-0.39, 0.29) is 11.5 Å². The van der Waals surface area contributed by atoms with Gasteiger partial charge in [0, 0.05) is 26.2 Å². The summed E-state index contributed by atoms with van der Waals surface area (Å²) in [4.78, 5) is 24.2. The number of nitrogens with zero attached hydrogens (tertiary/aromatic N) is 5. The summed E-state index contributed by atoms with van der Waals surface area (Å²) in [7, 11) is 0. The Bertz CT molecular complexity index is 642. The van der Waals surface area contributed by atoms with E-state index in [0.717, 1.165) is 39.0 Å². The van der Waals surface area contributed by atoms with Crippen molar-refractivity contribution in [1.82, 2.24) is 9.97 Å². The van der Waals surface area contributed by atoms with Gasteiger partial charge in [-0.3, -0.25) is 10.1 Å². The van der Waals surface area contributed by atoms with Gasteiger partial charge in [-0.05, 0) is 37.0 Å². The Labute approximate surface area is 148 Å². The quantitative estimate of drug-likeness (QED) is 0.662. The van der Waals surface area contributed by atoms with Crippen molar-refractivity contribution in [2.24, 2.45) is 17.8 Å². The van der Waals surface area contributed by atoms with Crippen molar-refractivity contribution in [3.63, 3.8) is 0 Å². The maximum absolute atomic E-state index is 11.6. The lowest BCUT2D eigenvalue weighted by Gasteiger charge is -2.36. The molecule has 0 unspecified atom stereocenters. The van der Waals surface area contributed by atoms with E-state index in [0.29, 0.717) is 29.5 Å². The number of hydrogen-bond donors (Lipinski definition) is 1. The second-order valence-corrected chi connectivity index (χ2v) is 7.88. The van der Waals surface area contributed by atoms with E-state index in [9.17, 15) is 10.1 Å². The van der Waals surface area contributed by atoms with Crippen molar-refractivity contribution in [3.8, 4) is 0 Å². The van der Waals surface area contributed by atoms with Gasteiger partial charge < -0.3 is 15.5 Å². The van der Waals surface area contributed by atoms with Crippen LogP contribution in [0.3, 0.4) is 0 Å². The Kier molecular flexibility index (Phi) is 4.96. The number of nitrogen functional groups attached to an aromatic ring is 1. The number of piperidine rings is 2. The number of nitro groups is 1. The molecular weight excluding hydrogens is 320 g/mol. The van der Waals surface area contributed by atoms with Gasteiger partial charge in [-0.2, -0.15) is 9.97 Å². The van der Waals surface area contributed by atoms with Crippen LogP contribution in [0.4, 0.5) is 23.3 Å². The molecule has 2 N–H and O–H groups in total. The molecule has 0 amide bonds. The van der Waals surface area contributed by atoms with Crippen molar-refractivity contribution in [3.05, 3.63) is 10.1 Å². The standard InChI is InChI=1S/C17H28N6O2/c1-11-5-4-6-21(8-11)16-14(23(24)25)15(18)19-17(20-16)22-9-12(2)7-13(3)10-22/h11-13H,4-10H2,1-3H3,(H2,18,19,20)/t11-,12-,13+/m1/s1. The summed E-state index contributed by atoms with van der Waals surface area (Å²) >= 11 is 0. The minimum absolute atomic E-state index is 0.0332. The number of anilines is 3. The van der Waals surface area contributed by atoms with Crippen LogP contribution >= 0.6 is 0 Å². The summed E-state index contributed by atoms with van der Waals surface area (Å²) in [5.74, 6) is 2.45. The summed E-state index contributed by atoms with van der Waals surface area (Å²) < 4.78 is 0. The largest absolute Gasteiger partial charge is 0.378 e. The average Bonchev–Trinajstić information content (AvgIpc) is 2.52. The van der Waals surface area contributed by atoms with E-state index in [4.69, 9.17) is 5.73 Å². The Morgan fingerprint density at radius 3 is 2.32 bits per heavy atom. The molecule has 2 saturated heterocycles. The average molecular weight is 348 g/mol.